The number of aryl methyl sites for hydroxylation is 2. The summed E-state index contributed by atoms with van der Waals surface area (Å²) in [6, 6.07) is 3.00. The van der Waals surface area contributed by atoms with Gasteiger partial charge in [-0.15, -0.1) is 0 Å². The number of rotatable bonds is 5. The molecular formula is C13H19NO4S. The molecule has 0 fully saturated rings. The molecule has 0 atom stereocenters. The van der Waals surface area contributed by atoms with Crippen LogP contribution in [0.5, 0.6) is 0 Å². The number of hydrogen-bond donors (Lipinski definition) is 1. The van der Waals surface area contributed by atoms with E-state index in [0.717, 1.165) is 18.4 Å². The van der Waals surface area contributed by atoms with Crippen molar-refractivity contribution in [3.8, 4) is 0 Å². The lowest BCUT2D eigenvalue weighted by atomic mass is 9.99. The Balaban J connectivity index is 3.41. The normalized spacial score (nSPS) is 11.4. The highest BCUT2D eigenvalue weighted by molar-refractivity contribution is 7.89. The minimum absolute atomic E-state index is 0.0341. The Morgan fingerprint density at radius 3 is 2.47 bits per heavy atom. The van der Waals surface area contributed by atoms with Crippen molar-refractivity contribution in [2.75, 3.05) is 7.11 Å². The van der Waals surface area contributed by atoms with Gasteiger partial charge in [0.1, 0.15) is 0 Å². The van der Waals surface area contributed by atoms with Gasteiger partial charge in [0, 0.05) is 0 Å². The van der Waals surface area contributed by atoms with Crippen molar-refractivity contribution in [2.24, 2.45) is 5.14 Å². The summed E-state index contributed by atoms with van der Waals surface area (Å²) < 4.78 is 27.6. The Hall–Kier alpha value is -1.40. The first-order valence-electron chi connectivity index (χ1n) is 6.06. The molecule has 0 saturated heterocycles. The molecule has 0 saturated carbocycles. The van der Waals surface area contributed by atoms with Gasteiger partial charge in [-0.3, -0.25) is 0 Å². The summed E-state index contributed by atoms with van der Waals surface area (Å²) in [5.41, 5.74) is 1.60. The Morgan fingerprint density at radius 1 is 1.37 bits per heavy atom. The number of hydrogen-bond acceptors (Lipinski definition) is 4. The highest BCUT2D eigenvalue weighted by atomic mass is 32.2. The molecule has 5 nitrogen and oxygen atoms in total. The number of sulfonamides is 1. The van der Waals surface area contributed by atoms with Crippen molar-refractivity contribution in [3.05, 3.63) is 28.8 Å². The zero-order valence-electron chi connectivity index (χ0n) is 11.4. The summed E-state index contributed by atoms with van der Waals surface area (Å²) in [5.74, 6) is -0.545. The zero-order chi connectivity index (χ0) is 14.6. The molecule has 1 aromatic carbocycles. The van der Waals surface area contributed by atoms with Gasteiger partial charge in [-0.2, -0.15) is 0 Å². The van der Waals surface area contributed by atoms with E-state index in [2.05, 4.69) is 4.74 Å². The monoisotopic (exact) mass is 285 g/mol. The standard InChI is InChI=1S/C13H19NO4S/c1-4-5-6-10-7-9(2)12(19(14,16)17)8-11(10)13(15)18-3/h7-8H,4-6H2,1-3H3,(H2,14,16,17). The molecule has 0 aliphatic heterocycles. The van der Waals surface area contributed by atoms with Crippen LogP contribution in [0.2, 0.25) is 0 Å². The van der Waals surface area contributed by atoms with E-state index in [1.54, 1.807) is 13.0 Å². The molecule has 0 bridgehead atoms. The number of primary sulfonamides is 1. The van der Waals surface area contributed by atoms with E-state index in [1.807, 2.05) is 6.92 Å². The molecule has 0 spiro atoms. The van der Waals surface area contributed by atoms with Crippen LogP contribution in [0.4, 0.5) is 0 Å². The number of unbranched alkanes of at least 4 members (excludes halogenated alkanes) is 1. The summed E-state index contributed by atoms with van der Waals surface area (Å²) in [6.07, 6.45) is 2.60. The molecule has 6 heteroatoms. The Labute approximate surface area is 113 Å². The van der Waals surface area contributed by atoms with Crippen LogP contribution >= 0.6 is 0 Å². The van der Waals surface area contributed by atoms with Crippen LogP contribution in [0, 0.1) is 6.92 Å². The van der Waals surface area contributed by atoms with E-state index in [4.69, 9.17) is 5.14 Å². The first-order chi connectivity index (χ1) is 8.81. The fourth-order valence-electron chi connectivity index (χ4n) is 1.93. The predicted molar refractivity (Wildman–Crippen MR) is 72.5 cm³/mol. The summed E-state index contributed by atoms with van der Waals surface area (Å²) >= 11 is 0. The first kappa shape index (κ1) is 15.7. The van der Waals surface area contributed by atoms with E-state index in [1.165, 1.54) is 13.2 Å². The van der Waals surface area contributed by atoms with E-state index in [9.17, 15) is 13.2 Å². The molecule has 19 heavy (non-hydrogen) atoms. The van der Waals surface area contributed by atoms with Crippen molar-refractivity contribution in [2.45, 2.75) is 38.0 Å². The van der Waals surface area contributed by atoms with Crippen LogP contribution in [0.25, 0.3) is 0 Å². The number of methoxy groups -OCH3 is 1. The highest BCUT2D eigenvalue weighted by Crippen LogP contribution is 2.22. The van der Waals surface area contributed by atoms with E-state index in [0.29, 0.717) is 12.0 Å². The smallest absolute Gasteiger partial charge is 0.338 e. The maximum atomic E-state index is 11.7. The Morgan fingerprint density at radius 2 is 2.00 bits per heavy atom. The van der Waals surface area contributed by atoms with Crippen molar-refractivity contribution in [1.29, 1.82) is 0 Å². The fourth-order valence-corrected chi connectivity index (χ4v) is 2.72. The molecule has 0 unspecified atom stereocenters. The molecule has 2 N–H and O–H groups in total. The summed E-state index contributed by atoms with van der Waals surface area (Å²) in [6.45, 7) is 3.71. The van der Waals surface area contributed by atoms with Crippen LogP contribution in [-0.2, 0) is 21.2 Å². The van der Waals surface area contributed by atoms with E-state index in [-0.39, 0.29) is 10.5 Å². The maximum Gasteiger partial charge on any atom is 0.338 e. The Bertz CT molecular complexity index is 579. The van der Waals surface area contributed by atoms with Crippen molar-refractivity contribution in [1.82, 2.24) is 0 Å². The third-order valence-electron chi connectivity index (χ3n) is 2.91. The Kier molecular flexibility index (Phi) is 5.08. The van der Waals surface area contributed by atoms with Gasteiger partial charge in [-0.25, -0.2) is 18.4 Å². The van der Waals surface area contributed by atoms with Gasteiger partial charge in [0.15, 0.2) is 0 Å². The van der Waals surface area contributed by atoms with Crippen LogP contribution in [-0.4, -0.2) is 21.5 Å². The van der Waals surface area contributed by atoms with Gasteiger partial charge < -0.3 is 4.74 Å². The SMILES string of the molecule is CCCCc1cc(C)c(S(N)(=O)=O)cc1C(=O)OC. The largest absolute Gasteiger partial charge is 0.465 e. The molecule has 0 amide bonds. The van der Waals surface area contributed by atoms with Gasteiger partial charge in [-0.05, 0) is 37.0 Å². The molecule has 0 aromatic heterocycles. The average molecular weight is 285 g/mol. The van der Waals surface area contributed by atoms with Crippen molar-refractivity contribution >= 4 is 16.0 Å². The molecule has 1 rings (SSSR count). The van der Waals surface area contributed by atoms with Gasteiger partial charge in [0.2, 0.25) is 10.0 Å². The number of carbonyl (C=O) groups is 1. The van der Waals surface area contributed by atoms with Crippen molar-refractivity contribution in [3.63, 3.8) is 0 Å². The van der Waals surface area contributed by atoms with Crippen LogP contribution < -0.4 is 5.14 Å². The second-order valence-electron chi connectivity index (χ2n) is 4.41. The lowest BCUT2D eigenvalue weighted by molar-refractivity contribution is 0.0599. The third-order valence-corrected chi connectivity index (χ3v) is 3.97. The van der Waals surface area contributed by atoms with Crippen LogP contribution in [0.3, 0.4) is 0 Å². The minimum Gasteiger partial charge on any atom is -0.465 e. The first-order valence-corrected chi connectivity index (χ1v) is 7.60. The molecule has 0 heterocycles. The van der Waals surface area contributed by atoms with Crippen LogP contribution in [0.15, 0.2) is 17.0 Å². The van der Waals surface area contributed by atoms with Crippen LogP contribution in [0.1, 0.15) is 41.3 Å². The fraction of sp³-hybridized carbons (Fsp3) is 0.462. The lowest BCUT2D eigenvalue weighted by Crippen LogP contribution is -2.16. The van der Waals surface area contributed by atoms with Gasteiger partial charge in [-0.1, -0.05) is 19.4 Å². The number of nitrogens with two attached hydrogens (primary N) is 1. The number of benzene rings is 1. The number of carbonyl (C=O) groups excluding carboxylic acids is 1. The summed E-state index contributed by atoms with van der Waals surface area (Å²) in [4.78, 5) is 11.7. The summed E-state index contributed by atoms with van der Waals surface area (Å²) in [7, 11) is -2.58. The van der Waals surface area contributed by atoms with Gasteiger partial charge >= 0.3 is 5.97 Å². The second-order valence-corrected chi connectivity index (χ2v) is 5.94. The molecule has 0 aliphatic rings. The summed E-state index contributed by atoms with van der Waals surface area (Å²) in [5, 5.41) is 5.14. The van der Waals surface area contributed by atoms with E-state index < -0.39 is 16.0 Å². The van der Waals surface area contributed by atoms with Gasteiger partial charge in [0.25, 0.3) is 0 Å². The quantitative estimate of drug-likeness (QED) is 0.835. The zero-order valence-corrected chi connectivity index (χ0v) is 12.2. The van der Waals surface area contributed by atoms with E-state index >= 15 is 0 Å². The molecule has 106 valence electrons. The minimum atomic E-state index is -3.84. The second kappa shape index (κ2) is 6.16. The molecule has 1 aromatic rings. The van der Waals surface area contributed by atoms with Crippen molar-refractivity contribution < 1.29 is 17.9 Å². The highest BCUT2D eigenvalue weighted by Gasteiger charge is 2.19. The molecular weight excluding hydrogens is 266 g/mol. The maximum absolute atomic E-state index is 11.7. The predicted octanol–water partition coefficient (Wildman–Crippen LogP) is 1.77. The van der Waals surface area contributed by atoms with Gasteiger partial charge in [0.05, 0.1) is 17.6 Å². The lowest BCUT2D eigenvalue weighted by Gasteiger charge is -2.12. The number of ether oxygens (including phenoxy) is 1. The third kappa shape index (κ3) is 3.78. The number of esters is 1. The molecule has 0 aliphatic carbocycles. The molecule has 0 radical (unpaired) electrons. The average Bonchev–Trinajstić information content (AvgIpc) is 2.33. The topological polar surface area (TPSA) is 86.5 Å².